The van der Waals surface area contributed by atoms with E-state index >= 15 is 0 Å². The highest BCUT2D eigenvalue weighted by Gasteiger charge is 2.18. The quantitative estimate of drug-likeness (QED) is 0.681. The Balaban J connectivity index is 1.90. The van der Waals surface area contributed by atoms with Crippen LogP contribution < -0.4 is 11.1 Å². The number of amides is 1. The summed E-state index contributed by atoms with van der Waals surface area (Å²) in [4.78, 5) is 17.0. The van der Waals surface area contributed by atoms with E-state index in [9.17, 15) is 9.00 Å². The molecule has 124 valence electrons. The molecule has 10 heteroatoms. The molecule has 0 saturated heterocycles. The Kier molecular flexibility index (Phi) is 4.40. The van der Waals surface area contributed by atoms with Gasteiger partial charge in [-0.1, -0.05) is 0 Å². The summed E-state index contributed by atoms with van der Waals surface area (Å²) in [7, 11) is 0.133. The average molecular weight is 362 g/mol. The van der Waals surface area contributed by atoms with Crippen LogP contribution in [0.25, 0.3) is 0 Å². The zero-order chi connectivity index (χ0) is 17.3. The van der Waals surface area contributed by atoms with E-state index in [1.165, 1.54) is 23.7 Å². The number of nitrogen functional groups attached to an aromatic ring is 1. The van der Waals surface area contributed by atoms with Crippen LogP contribution in [-0.2, 0) is 17.8 Å². The fraction of sp³-hybridized carbons (Fsp3) is 0.143. The van der Waals surface area contributed by atoms with Gasteiger partial charge in [-0.2, -0.15) is 0 Å². The van der Waals surface area contributed by atoms with Gasteiger partial charge in [0.25, 0.3) is 5.91 Å². The van der Waals surface area contributed by atoms with Crippen LogP contribution in [0.4, 0.5) is 10.8 Å². The van der Waals surface area contributed by atoms with E-state index in [1.807, 2.05) is 12.3 Å². The maximum atomic E-state index is 12.6. The van der Waals surface area contributed by atoms with Crippen molar-refractivity contribution < 1.29 is 9.00 Å². The molecule has 0 bridgehead atoms. The van der Waals surface area contributed by atoms with Gasteiger partial charge in [-0.3, -0.25) is 10.1 Å². The molecule has 2 aromatic heterocycles. The maximum Gasteiger partial charge on any atom is 0.259 e. The SMILES string of the molecule is Cc1csc(NC(=O)c2cc(S(=O)c3nncn3C)ccc2N)n1. The van der Waals surface area contributed by atoms with Crippen molar-refractivity contribution in [2.24, 2.45) is 7.05 Å². The Hall–Kier alpha value is -2.59. The largest absolute Gasteiger partial charge is 0.398 e. The molecule has 8 nitrogen and oxygen atoms in total. The summed E-state index contributed by atoms with van der Waals surface area (Å²) in [6.45, 7) is 1.84. The van der Waals surface area contributed by atoms with Gasteiger partial charge in [0.05, 0.1) is 11.3 Å². The molecule has 3 rings (SSSR count). The lowest BCUT2D eigenvalue weighted by molar-refractivity contribution is 0.102. The molecular formula is C14H14N6O2S2. The number of hydrogen-bond acceptors (Lipinski definition) is 7. The second-order valence-corrected chi connectivity index (χ2v) is 7.22. The van der Waals surface area contributed by atoms with Crippen molar-refractivity contribution in [2.75, 3.05) is 11.1 Å². The first-order valence-corrected chi connectivity index (χ1v) is 8.87. The van der Waals surface area contributed by atoms with Crippen LogP contribution in [0.5, 0.6) is 0 Å². The van der Waals surface area contributed by atoms with Gasteiger partial charge in [0.15, 0.2) is 5.13 Å². The number of carbonyl (C=O) groups is 1. The number of hydrogen-bond donors (Lipinski definition) is 2. The summed E-state index contributed by atoms with van der Waals surface area (Å²) >= 11 is 1.32. The summed E-state index contributed by atoms with van der Waals surface area (Å²) < 4.78 is 14.1. The molecule has 0 spiro atoms. The van der Waals surface area contributed by atoms with Crippen molar-refractivity contribution >= 4 is 38.9 Å². The zero-order valence-corrected chi connectivity index (χ0v) is 14.5. The Morgan fingerprint density at radius 1 is 1.42 bits per heavy atom. The maximum absolute atomic E-state index is 12.6. The highest BCUT2D eigenvalue weighted by Crippen LogP contribution is 2.22. The Bertz CT molecular complexity index is 933. The summed E-state index contributed by atoms with van der Waals surface area (Å²) in [5.74, 6) is -0.404. The molecule has 1 unspecified atom stereocenters. The van der Waals surface area contributed by atoms with Crippen LogP contribution in [-0.4, -0.2) is 29.9 Å². The van der Waals surface area contributed by atoms with E-state index in [1.54, 1.807) is 23.7 Å². The summed E-state index contributed by atoms with van der Waals surface area (Å²) in [6, 6.07) is 4.64. The van der Waals surface area contributed by atoms with E-state index < -0.39 is 16.7 Å². The lowest BCUT2D eigenvalue weighted by atomic mass is 10.1. The Morgan fingerprint density at radius 2 is 2.21 bits per heavy atom. The van der Waals surface area contributed by atoms with Crippen LogP contribution in [0.15, 0.2) is 40.0 Å². The van der Waals surface area contributed by atoms with Crippen molar-refractivity contribution in [3.05, 3.63) is 41.2 Å². The van der Waals surface area contributed by atoms with Crippen LogP contribution in [0, 0.1) is 6.92 Å². The lowest BCUT2D eigenvalue weighted by Gasteiger charge is -2.08. The molecule has 3 N–H and O–H groups in total. The summed E-state index contributed by atoms with van der Waals surface area (Å²) in [5.41, 5.74) is 7.23. The third-order valence-corrected chi connectivity index (χ3v) is 5.42. The Labute approximate surface area is 144 Å². The number of aromatic nitrogens is 4. The molecule has 0 saturated carbocycles. The van der Waals surface area contributed by atoms with Crippen LogP contribution in [0.3, 0.4) is 0 Å². The number of benzene rings is 1. The topological polar surface area (TPSA) is 116 Å². The highest BCUT2D eigenvalue weighted by atomic mass is 32.2. The number of thiazole rings is 1. The van der Waals surface area contributed by atoms with Gasteiger partial charge >= 0.3 is 0 Å². The fourth-order valence-corrected chi connectivity index (χ4v) is 3.71. The summed E-state index contributed by atoms with van der Waals surface area (Å²) in [6.07, 6.45) is 1.46. The van der Waals surface area contributed by atoms with Gasteiger partial charge in [-0.25, -0.2) is 9.19 Å². The molecule has 0 radical (unpaired) electrons. The van der Waals surface area contributed by atoms with Crippen molar-refractivity contribution in [3.63, 3.8) is 0 Å². The summed E-state index contributed by atoms with van der Waals surface area (Å²) in [5, 5.41) is 12.8. The minimum Gasteiger partial charge on any atom is -0.398 e. The number of aryl methyl sites for hydroxylation is 2. The molecule has 1 atom stereocenters. The number of nitrogens with zero attached hydrogens (tertiary/aromatic N) is 4. The van der Waals surface area contributed by atoms with Gasteiger partial charge in [0.2, 0.25) is 5.16 Å². The van der Waals surface area contributed by atoms with E-state index in [0.29, 0.717) is 20.9 Å². The third-order valence-electron chi connectivity index (χ3n) is 3.16. The number of nitrogens with one attached hydrogen (secondary N) is 1. The molecule has 0 aliphatic rings. The van der Waals surface area contributed by atoms with E-state index in [0.717, 1.165) is 5.69 Å². The molecule has 24 heavy (non-hydrogen) atoms. The first-order chi connectivity index (χ1) is 11.5. The van der Waals surface area contributed by atoms with E-state index in [-0.39, 0.29) is 5.56 Å². The first-order valence-electron chi connectivity index (χ1n) is 6.84. The van der Waals surface area contributed by atoms with Gasteiger partial charge in [0, 0.05) is 23.0 Å². The van der Waals surface area contributed by atoms with Gasteiger partial charge < -0.3 is 10.3 Å². The second-order valence-electron chi connectivity index (χ2n) is 4.99. The predicted octanol–water partition coefficient (Wildman–Crippen LogP) is 1.58. The van der Waals surface area contributed by atoms with Crippen molar-refractivity contribution in [1.82, 2.24) is 19.7 Å². The van der Waals surface area contributed by atoms with Crippen LogP contribution in [0.1, 0.15) is 16.1 Å². The smallest absolute Gasteiger partial charge is 0.259 e. The minimum atomic E-state index is -1.56. The molecule has 2 heterocycles. The molecule has 0 fully saturated rings. The fourth-order valence-electron chi connectivity index (χ4n) is 1.97. The first kappa shape index (κ1) is 16.3. The number of rotatable bonds is 4. The Morgan fingerprint density at radius 3 is 2.83 bits per heavy atom. The van der Waals surface area contributed by atoms with Gasteiger partial charge in [-0.05, 0) is 25.1 Å². The molecule has 3 aromatic rings. The van der Waals surface area contributed by atoms with Crippen LogP contribution in [0.2, 0.25) is 0 Å². The second kappa shape index (κ2) is 6.49. The third kappa shape index (κ3) is 3.19. The number of carbonyl (C=O) groups excluding carboxylic acids is 1. The van der Waals surface area contributed by atoms with Crippen LogP contribution >= 0.6 is 11.3 Å². The van der Waals surface area contributed by atoms with Crippen molar-refractivity contribution in [1.29, 1.82) is 0 Å². The molecule has 1 amide bonds. The van der Waals surface area contributed by atoms with Crippen molar-refractivity contribution in [3.8, 4) is 0 Å². The molecule has 0 aliphatic carbocycles. The van der Waals surface area contributed by atoms with E-state index in [4.69, 9.17) is 5.73 Å². The monoisotopic (exact) mass is 362 g/mol. The normalized spacial score (nSPS) is 12.1. The number of anilines is 2. The van der Waals surface area contributed by atoms with E-state index in [2.05, 4.69) is 20.5 Å². The molecule has 1 aromatic carbocycles. The molecule has 0 aliphatic heterocycles. The predicted molar refractivity (Wildman–Crippen MR) is 91.3 cm³/mol. The van der Waals surface area contributed by atoms with Gasteiger partial charge in [-0.15, -0.1) is 21.5 Å². The van der Waals surface area contributed by atoms with Gasteiger partial charge in [0.1, 0.15) is 17.1 Å². The lowest BCUT2D eigenvalue weighted by Crippen LogP contribution is -2.14. The molecular weight excluding hydrogens is 348 g/mol. The average Bonchev–Trinajstić information content (AvgIpc) is 3.15. The highest BCUT2D eigenvalue weighted by molar-refractivity contribution is 7.85. The standard InChI is InChI=1S/C14H14N6O2S2/c1-8-6-23-13(17-8)18-12(21)10-5-9(3-4-11(10)15)24(22)14-19-16-7-20(14)2/h3-7H,15H2,1-2H3,(H,17,18,21). The minimum absolute atomic E-state index is 0.232. The zero-order valence-electron chi connectivity index (χ0n) is 12.9. The number of nitrogens with two attached hydrogens (primary N) is 1. The van der Waals surface area contributed by atoms with Crippen molar-refractivity contribution in [2.45, 2.75) is 17.0 Å².